The molecule has 3 rings (SSSR count). The fourth-order valence-electron chi connectivity index (χ4n) is 3.72. The number of thioether (sulfide) groups is 1. The van der Waals surface area contributed by atoms with Crippen LogP contribution in [0.15, 0.2) is 29.2 Å². The highest BCUT2D eigenvalue weighted by molar-refractivity contribution is 7.99. The van der Waals surface area contributed by atoms with Gasteiger partial charge in [0.1, 0.15) is 0 Å². The molecule has 2 saturated heterocycles. The maximum atomic E-state index is 13.4. The fourth-order valence-corrected chi connectivity index (χ4v) is 6.57. The number of hydrogen-bond donors (Lipinski definition) is 0. The van der Waals surface area contributed by atoms with E-state index in [1.807, 2.05) is 11.8 Å². The fraction of sp³-hybridized carbons (Fsp3) is 0.632. The summed E-state index contributed by atoms with van der Waals surface area (Å²) >= 11 is 1.85. The highest BCUT2D eigenvalue weighted by Crippen LogP contribution is 2.26. The zero-order valence-corrected chi connectivity index (χ0v) is 17.0. The van der Waals surface area contributed by atoms with Gasteiger partial charge in [-0.1, -0.05) is 18.6 Å². The number of nitrogens with zero attached hydrogens (tertiary/aromatic N) is 2. The van der Waals surface area contributed by atoms with Crippen molar-refractivity contribution >= 4 is 27.6 Å². The molecule has 7 heteroatoms. The molecular formula is C19H28N2O3S2. The number of likely N-dealkylation sites (tertiary alicyclic amines) is 1. The van der Waals surface area contributed by atoms with Crippen molar-refractivity contribution in [3.05, 3.63) is 29.8 Å². The van der Waals surface area contributed by atoms with Crippen LogP contribution in [0.4, 0.5) is 0 Å². The van der Waals surface area contributed by atoms with Crippen molar-refractivity contribution in [2.24, 2.45) is 0 Å². The zero-order chi connectivity index (χ0) is 18.6. The number of carbonyl (C=O) groups is 1. The van der Waals surface area contributed by atoms with Gasteiger partial charge in [0.25, 0.3) is 0 Å². The van der Waals surface area contributed by atoms with E-state index >= 15 is 0 Å². The average molecular weight is 397 g/mol. The number of benzene rings is 1. The van der Waals surface area contributed by atoms with E-state index in [0.29, 0.717) is 12.1 Å². The third-order valence-corrected chi connectivity index (χ3v) is 8.30. The van der Waals surface area contributed by atoms with E-state index in [-0.39, 0.29) is 16.7 Å². The first-order valence-corrected chi connectivity index (χ1v) is 12.0. The third kappa shape index (κ3) is 4.68. The molecule has 144 valence electrons. The normalized spacial score (nSPS) is 23.5. The molecule has 1 atom stereocenters. The van der Waals surface area contributed by atoms with Gasteiger partial charge in [-0.25, -0.2) is 8.42 Å². The van der Waals surface area contributed by atoms with Crippen LogP contribution in [0.1, 0.15) is 43.0 Å². The smallest absolute Gasteiger partial charge is 0.243 e. The molecule has 0 N–H and O–H groups in total. The zero-order valence-electron chi connectivity index (χ0n) is 15.4. The minimum absolute atomic E-state index is 0.00779. The molecule has 5 nitrogen and oxygen atoms in total. The van der Waals surface area contributed by atoms with Crippen LogP contribution in [-0.2, 0) is 10.0 Å². The van der Waals surface area contributed by atoms with Crippen LogP contribution in [0.25, 0.3) is 0 Å². The predicted octanol–water partition coefficient (Wildman–Crippen LogP) is 2.87. The largest absolute Gasteiger partial charge is 0.302 e. The molecule has 2 heterocycles. The Morgan fingerprint density at radius 1 is 1.15 bits per heavy atom. The summed E-state index contributed by atoms with van der Waals surface area (Å²) in [6.45, 7) is 4.95. The lowest BCUT2D eigenvalue weighted by atomic mass is 10.1. The minimum Gasteiger partial charge on any atom is -0.302 e. The second-order valence-electron chi connectivity index (χ2n) is 7.14. The summed E-state index contributed by atoms with van der Waals surface area (Å²) in [4.78, 5) is 14.3. The number of carbonyl (C=O) groups excluding carboxylic acids is 1. The number of Topliss-reactive ketones (excluding diaryl/α,β-unsaturated/α-hetero) is 1. The van der Waals surface area contributed by atoms with Crippen LogP contribution in [0.5, 0.6) is 0 Å². The van der Waals surface area contributed by atoms with E-state index in [0.717, 1.165) is 37.6 Å². The Labute approximate surface area is 161 Å². The van der Waals surface area contributed by atoms with Gasteiger partial charge in [-0.05, 0) is 57.2 Å². The highest BCUT2D eigenvalue weighted by atomic mass is 32.2. The van der Waals surface area contributed by atoms with Gasteiger partial charge in [0.2, 0.25) is 10.0 Å². The van der Waals surface area contributed by atoms with E-state index in [1.54, 1.807) is 22.5 Å². The number of piperidine rings is 1. The molecule has 1 unspecified atom stereocenters. The van der Waals surface area contributed by atoms with Gasteiger partial charge in [0, 0.05) is 30.4 Å². The van der Waals surface area contributed by atoms with Crippen LogP contribution in [0.3, 0.4) is 0 Å². The van der Waals surface area contributed by atoms with E-state index in [9.17, 15) is 13.2 Å². The molecule has 1 aromatic rings. The molecule has 2 aliphatic rings. The molecule has 0 amide bonds. The Kier molecular flexibility index (Phi) is 6.77. The lowest BCUT2D eigenvalue weighted by molar-refractivity contribution is 0.101. The van der Waals surface area contributed by atoms with Crippen molar-refractivity contribution in [2.75, 3.05) is 37.7 Å². The van der Waals surface area contributed by atoms with Gasteiger partial charge in [0.15, 0.2) is 5.78 Å². The summed E-state index contributed by atoms with van der Waals surface area (Å²) in [5.41, 5.74) is 0.447. The highest BCUT2D eigenvalue weighted by Gasteiger charge is 2.34. The number of hydrogen-bond acceptors (Lipinski definition) is 5. The average Bonchev–Trinajstić information content (AvgIpc) is 2.88. The van der Waals surface area contributed by atoms with E-state index in [4.69, 9.17) is 0 Å². The lowest BCUT2D eigenvalue weighted by Gasteiger charge is -2.35. The first-order valence-electron chi connectivity index (χ1n) is 9.41. The van der Waals surface area contributed by atoms with Gasteiger partial charge in [0.05, 0.1) is 4.90 Å². The Morgan fingerprint density at radius 2 is 1.92 bits per heavy atom. The minimum atomic E-state index is -3.60. The summed E-state index contributed by atoms with van der Waals surface area (Å²) in [5.74, 6) is 1.72. The van der Waals surface area contributed by atoms with Crippen molar-refractivity contribution in [1.29, 1.82) is 0 Å². The van der Waals surface area contributed by atoms with Crippen molar-refractivity contribution in [1.82, 2.24) is 9.21 Å². The molecule has 2 aliphatic heterocycles. The van der Waals surface area contributed by atoms with Gasteiger partial charge in [-0.2, -0.15) is 16.1 Å². The lowest BCUT2D eigenvalue weighted by Crippen LogP contribution is -2.49. The van der Waals surface area contributed by atoms with Crippen LogP contribution >= 0.6 is 11.8 Å². The molecule has 0 saturated carbocycles. The van der Waals surface area contributed by atoms with Gasteiger partial charge < -0.3 is 4.90 Å². The Bertz CT molecular complexity index is 730. The second-order valence-corrected chi connectivity index (χ2v) is 10.2. The van der Waals surface area contributed by atoms with Crippen molar-refractivity contribution in [3.63, 3.8) is 0 Å². The standard InChI is InChI=1S/C19H28N2O3S2/c1-16(22)17-7-5-8-19(13-17)26(23,24)21-11-6-12-25-15-18(21)14-20-9-3-2-4-10-20/h5,7-8,13,18H,2-4,6,9-12,14-15H2,1H3. The van der Waals surface area contributed by atoms with Gasteiger partial charge in [-0.3, -0.25) is 4.79 Å². The Hall–Kier alpha value is -0.890. The summed E-state index contributed by atoms with van der Waals surface area (Å²) in [5, 5.41) is 0. The monoisotopic (exact) mass is 396 g/mol. The van der Waals surface area contributed by atoms with Crippen LogP contribution in [0, 0.1) is 0 Å². The Balaban J connectivity index is 1.86. The summed E-state index contributed by atoms with van der Waals surface area (Å²) < 4.78 is 28.4. The van der Waals surface area contributed by atoms with Crippen molar-refractivity contribution in [2.45, 2.75) is 43.5 Å². The number of rotatable bonds is 5. The topological polar surface area (TPSA) is 57.7 Å². The maximum Gasteiger partial charge on any atom is 0.243 e. The van der Waals surface area contributed by atoms with Crippen LogP contribution in [-0.4, -0.2) is 67.1 Å². The SMILES string of the molecule is CC(=O)c1cccc(S(=O)(=O)N2CCCSCC2CN2CCCCC2)c1. The predicted molar refractivity (Wildman–Crippen MR) is 106 cm³/mol. The first kappa shape index (κ1) is 19.9. The Morgan fingerprint density at radius 3 is 2.65 bits per heavy atom. The van der Waals surface area contributed by atoms with Gasteiger partial charge in [-0.15, -0.1) is 0 Å². The van der Waals surface area contributed by atoms with Crippen LogP contribution < -0.4 is 0 Å². The van der Waals surface area contributed by atoms with E-state index in [1.165, 1.54) is 32.3 Å². The number of ketones is 1. The molecular weight excluding hydrogens is 368 g/mol. The number of sulfonamides is 1. The van der Waals surface area contributed by atoms with Crippen molar-refractivity contribution < 1.29 is 13.2 Å². The molecule has 0 aliphatic carbocycles. The van der Waals surface area contributed by atoms with Gasteiger partial charge >= 0.3 is 0 Å². The van der Waals surface area contributed by atoms with E-state index < -0.39 is 10.0 Å². The molecule has 2 fully saturated rings. The van der Waals surface area contributed by atoms with Crippen LogP contribution in [0.2, 0.25) is 0 Å². The maximum absolute atomic E-state index is 13.4. The quantitative estimate of drug-likeness (QED) is 0.717. The molecule has 1 aromatic carbocycles. The molecule has 0 bridgehead atoms. The molecule has 0 aromatic heterocycles. The first-order chi connectivity index (χ1) is 12.5. The molecule has 0 spiro atoms. The summed E-state index contributed by atoms with van der Waals surface area (Å²) in [6, 6.07) is 6.46. The molecule has 0 radical (unpaired) electrons. The second kappa shape index (κ2) is 8.87. The third-order valence-electron chi connectivity index (χ3n) is 5.15. The summed E-state index contributed by atoms with van der Waals surface area (Å²) in [6.07, 6.45) is 4.54. The van der Waals surface area contributed by atoms with Crippen molar-refractivity contribution in [3.8, 4) is 0 Å². The molecule has 26 heavy (non-hydrogen) atoms. The van der Waals surface area contributed by atoms with E-state index in [2.05, 4.69) is 4.90 Å². The summed E-state index contributed by atoms with van der Waals surface area (Å²) in [7, 11) is -3.60.